The first kappa shape index (κ1) is 31.3. The summed E-state index contributed by atoms with van der Waals surface area (Å²) >= 11 is 0. The van der Waals surface area contributed by atoms with E-state index in [1.807, 2.05) is 28.8 Å². The van der Waals surface area contributed by atoms with Gasteiger partial charge in [-0.2, -0.15) is 12.7 Å². The number of nitrogens with zero attached hydrogens (tertiary/aromatic N) is 3. The molecular formula is C33H41N5O6S. The summed E-state index contributed by atoms with van der Waals surface area (Å²) in [4.78, 5) is 28.0. The van der Waals surface area contributed by atoms with E-state index in [1.165, 1.54) is 17.8 Å². The van der Waals surface area contributed by atoms with Crippen LogP contribution >= 0.6 is 0 Å². The lowest BCUT2D eigenvalue weighted by Gasteiger charge is -2.28. The molecule has 0 unspecified atom stereocenters. The van der Waals surface area contributed by atoms with Crippen molar-refractivity contribution in [3.8, 4) is 17.0 Å². The number of methoxy groups -OCH3 is 1. The number of piperazine rings is 1. The van der Waals surface area contributed by atoms with Crippen molar-refractivity contribution < 1.29 is 27.9 Å². The molecule has 2 aliphatic heterocycles. The van der Waals surface area contributed by atoms with Crippen LogP contribution in [0.5, 0.6) is 5.75 Å². The summed E-state index contributed by atoms with van der Waals surface area (Å²) in [7, 11) is -1.02. The average molecular weight is 636 g/mol. The zero-order valence-electron chi connectivity index (χ0n) is 25.8. The molecule has 240 valence electrons. The molecule has 2 fully saturated rings. The molecule has 45 heavy (non-hydrogen) atoms. The highest BCUT2D eigenvalue weighted by Gasteiger charge is 2.31. The number of aliphatic carboxylic acids is 1. The highest BCUT2D eigenvalue weighted by Crippen LogP contribution is 2.47. The third kappa shape index (κ3) is 6.37. The van der Waals surface area contributed by atoms with Gasteiger partial charge in [-0.05, 0) is 66.3 Å². The minimum absolute atomic E-state index is 0.100. The maximum Gasteiger partial charge on any atom is 0.333 e. The third-order valence-electron chi connectivity index (χ3n) is 9.40. The van der Waals surface area contributed by atoms with E-state index in [0.29, 0.717) is 17.8 Å². The van der Waals surface area contributed by atoms with Crippen molar-refractivity contribution in [1.29, 1.82) is 0 Å². The molecule has 6 rings (SSSR count). The van der Waals surface area contributed by atoms with Crippen molar-refractivity contribution >= 4 is 39.1 Å². The number of hydrogen-bond donors (Lipinski definition) is 3. The Kier molecular flexibility index (Phi) is 9.00. The summed E-state index contributed by atoms with van der Waals surface area (Å²) in [5.41, 5.74) is 4.87. The Balaban J connectivity index is 1.39. The molecule has 3 heterocycles. The number of rotatable bonds is 9. The second-order valence-electron chi connectivity index (χ2n) is 12.2. The number of likely N-dealkylation sites (N-methyl/N-ethyl adjacent to an activating group) is 1. The number of fused-ring (bicyclic) bond motifs is 5. The number of ether oxygens (including phenoxy) is 1. The minimum Gasteiger partial charge on any atom is -0.497 e. The first-order valence-corrected chi connectivity index (χ1v) is 17.1. The highest BCUT2D eigenvalue weighted by molar-refractivity contribution is 7.87. The van der Waals surface area contributed by atoms with E-state index < -0.39 is 22.1 Å². The van der Waals surface area contributed by atoms with Gasteiger partial charge in [-0.15, -0.1) is 0 Å². The number of carbonyl (C=O) groups is 2. The van der Waals surface area contributed by atoms with Gasteiger partial charge >= 0.3 is 16.2 Å². The Morgan fingerprint density at radius 2 is 1.84 bits per heavy atom. The van der Waals surface area contributed by atoms with Gasteiger partial charge in [0.25, 0.3) is 5.91 Å². The Bertz CT molecular complexity index is 1750. The van der Waals surface area contributed by atoms with Crippen LogP contribution in [0.15, 0.2) is 42.0 Å². The smallest absolute Gasteiger partial charge is 0.333 e. The highest BCUT2D eigenvalue weighted by atomic mass is 32.2. The van der Waals surface area contributed by atoms with E-state index >= 15 is 0 Å². The SMILES string of the molecule is COc1ccc2c(c1)C=C(C(=O)O)Cn1c-2c(C2CCCCC2)c2ccc(C(=O)NS(=O)(=O)N(C)CCN3CCNCC3)cc21. The second kappa shape index (κ2) is 13.0. The molecule has 3 aliphatic rings. The molecule has 2 aromatic carbocycles. The lowest BCUT2D eigenvalue weighted by atomic mass is 9.81. The van der Waals surface area contributed by atoms with E-state index in [4.69, 9.17) is 4.74 Å². The predicted molar refractivity (Wildman–Crippen MR) is 174 cm³/mol. The molecule has 1 saturated heterocycles. The normalized spacial score (nSPS) is 17.8. The summed E-state index contributed by atoms with van der Waals surface area (Å²) in [5, 5.41) is 14.4. The van der Waals surface area contributed by atoms with E-state index in [1.54, 1.807) is 25.3 Å². The molecule has 3 N–H and O–H groups in total. The van der Waals surface area contributed by atoms with Crippen molar-refractivity contribution in [3.63, 3.8) is 0 Å². The number of hydrogen-bond acceptors (Lipinski definition) is 7. The van der Waals surface area contributed by atoms with E-state index in [-0.39, 0.29) is 30.1 Å². The molecule has 11 nitrogen and oxygen atoms in total. The maximum atomic E-state index is 13.4. The molecule has 0 atom stereocenters. The van der Waals surface area contributed by atoms with Crippen LogP contribution in [0.3, 0.4) is 0 Å². The Morgan fingerprint density at radius 1 is 1.09 bits per heavy atom. The molecule has 1 aromatic heterocycles. The molecule has 12 heteroatoms. The molecular weight excluding hydrogens is 594 g/mol. The van der Waals surface area contributed by atoms with Crippen molar-refractivity contribution in [2.75, 3.05) is 53.4 Å². The molecule has 0 bridgehead atoms. The topological polar surface area (TPSA) is 133 Å². The van der Waals surface area contributed by atoms with Gasteiger partial charge in [-0.25, -0.2) is 9.52 Å². The van der Waals surface area contributed by atoms with Crippen molar-refractivity contribution in [3.05, 3.63) is 58.7 Å². The summed E-state index contributed by atoms with van der Waals surface area (Å²) in [6.07, 6.45) is 7.17. The van der Waals surface area contributed by atoms with Gasteiger partial charge < -0.3 is 19.7 Å². The Hall–Kier alpha value is -3.71. The summed E-state index contributed by atoms with van der Waals surface area (Å²) < 4.78 is 37.1. The van der Waals surface area contributed by atoms with Gasteiger partial charge in [-0.3, -0.25) is 9.69 Å². The number of nitrogens with one attached hydrogen (secondary N) is 2. The maximum absolute atomic E-state index is 13.4. The number of carbonyl (C=O) groups excluding carboxylic acids is 1. The van der Waals surface area contributed by atoms with Crippen molar-refractivity contribution in [1.82, 2.24) is 23.8 Å². The second-order valence-corrected chi connectivity index (χ2v) is 14.0. The summed E-state index contributed by atoms with van der Waals surface area (Å²) in [5.74, 6) is -0.838. The molecule has 1 aliphatic carbocycles. The number of carboxylic acid groups (broad SMARTS) is 1. The van der Waals surface area contributed by atoms with Gasteiger partial charge in [0, 0.05) is 68.3 Å². The van der Waals surface area contributed by atoms with Gasteiger partial charge in [-0.1, -0.05) is 25.3 Å². The molecule has 1 saturated carbocycles. The standard InChI is InChI=1S/C33H41N5O6S/c1-36(16-17-37-14-12-34-13-15-37)45(42,43)35-32(39)23-8-10-28-29(20-23)38-21-25(33(40)41)18-24-19-26(44-2)9-11-27(24)31(38)30(28)22-6-4-3-5-7-22/h8-11,18-20,22,34H,3-7,12-17,21H2,1-2H3,(H,35,39)(H,40,41). The third-order valence-corrected chi connectivity index (χ3v) is 10.8. The van der Waals surface area contributed by atoms with Crippen molar-refractivity contribution in [2.45, 2.75) is 44.6 Å². The number of carboxylic acids is 1. The Morgan fingerprint density at radius 3 is 2.56 bits per heavy atom. The van der Waals surface area contributed by atoms with Crippen LogP contribution in [-0.2, 0) is 21.5 Å². The molecule has 3 aromatic rings. The monoisotopic (exact) mass is 635 g/mol. The lowest BCUT2D eigenvalue weighted by molar-refractivity contribution is -0.132. The fourth-order valence-corrected chi connectivity index (χ4v) is 7.73. The van der Waals surface area contributed by atoms with Crippen LogP contribution in [0, 0.1) is 0 Å². The van der Waals surface area contributed by atoms with Crippen LogP contribution < -0.4 is 14.8 Å². The minimum atomic E-state index is -4.08. The van der Waals surface area contributed by atoms with Crippen molar-refractivity contribution in [2.24, 2.45) is 0 Å². The van der Waals surface area contributed by atoms with Gasteiger partial charge in [0.05, 0.1) is 24.9 Å². The lowest BCUT2D eigenvalue weighted by Crippen LogP contribution is -2.48. The zero-order valence-corrected chi connectivity index (χ0v) is 26.7. The summed E-state index contributed by atoms with van der Waals surface area (Å²) in [6.45, 7) is 4.36. The molecule has 0 spiro atoms. The summed E-state index contributed by atoms with van der Waals surface area (Å²) in [6, 6.07) is 11.0. The molecule has 1 amide bonds. The van der Waals surface area contributed by atoms with Gasteiger partial charge in [0.15, 0.2) is 0 Å². The van der Waals surface area contributed by atoms with Crippen LogP contribution in [-0.4, -0.2) is 92.6 Å². The fraction of sp³-hybridized carbons (Fsp3) is 0.455. The quantitative estimate of drug-likeness (QED) is 0.325. The number of amides is 1. The van der Waals surface area contributed by atoms with Crippen LogP contribution in [0.4, 0.5) is 0 Å². The zero-order chi connectivity index (χ0) is 31.7. The van der Waals surface area contributed by atoms with Gasteiger partial charge in [0.2, 0.25) is 0 Å². The van der Waals surface area contributed by atoms with Crippen LogP contribution in [0.1, 0.15) is 59.5 Å². The first-order chi connectivity index (χ1) is 21.7. The van der Waals surface area contributed by atoms with E-state index in [2.05, 4.69) is 14.9 Å². The number of benzene rings is 2. The van der Waals surface area contributed by atoms with E-state index in [9.17, 15) is 23.1 Å². The number of aromatic nitrogens is 1. The Labute approximate surface area is 264 Å². The van der Waals surface area contributed by atoms with Crippen LogP contribution in [0.2, 0.25) is 0 Å². The predicted octanol–water partition coefficient (Wildman–Crippen LogP) is 3.66. The van der Waals surface area contributed by atoms with Crippen LogP contribution in [0.25, 0.3) is 28.2 Å². The molecule has 0 radical (unpaired) electrons. The van der Waals surface area contributed by atoms with E-state index in [0.717, 1.165) is 79.6 Å². The average Bonchev–Trinajstić information content (AvgIpc) is 3.26. The van der Waals surface area contributed by atoms with Gasteiger partial charge in [0.1, 0.15) is 5.75 Å². The largest absolute Gasteiger partial charge is 0.497 e. The fourth-order valence-electron chi connectivity index (χ4n) is 6.90. The first-order valence-electron chi connectivity index (χ1n) is 15.7.